The molecular formula is C13H23NO. The zero-order valence-electron chi connectivity index (χ0n) is 10.3. The Hall–Kier alpha value is -0.530. The van der Waals surface area contributed by atoms with Gasteiger partial charge in [-0.25, -0.2) is 0 Å². The Labute approximate surface area is 93.0 Å². The molecule has 2 fully saturated rings. The van der Waals surface area contributed by atoms with Gasteiger partial charge in [0.05, 0.1) is 0 Å². The standard InChI is InChI=1S/C13H23NO/c1-4-13(7-8-13)12(15)14-9-5-6-11(14)10(2)3/h10-11H,4-9H2,1-3H3. The summed E-state index contributed by atoms with van der Waals surface area (Å²) in [6, 6.07) is 0.515. The summed E-state index contributed by atoms with van der Waals surface area (Å²) >= 11 is 0. The SMILES string of the molecule is CCC1(C(=O)N2CCCC2C(C)C)CC1. The van der Waals surface area contributed by atoms with Crippen LogP contribution in [0, 0.1) is 11.3 Å². The molecule has 0 N–H and O–H groups in total. The van der Waals surface area contributed by atoms with Crippen molar-refractivity contribution >= 4 is 5.91 Å². The average molecular weight is 209 g/mol. The molecule has 0 bridgehead atoms. The second kappa shape index (κ2) is 3.80. The zero-order chi connectivity index (χ0) is 11.1. The highest BCUT2D eigenvalue weighted by Gasteiger charge is 2.51. The maximum absolute atomic E-state index is 12.4. The van der Waals surface area contributed by atoms with E-state index in [1.54, 1.807) is 0 Å². The number of carbonyl (C=O) groups is 1. The molecule has 2 heteroatoms. The van der Waals surface area contributed by atoms with Crippen LogP contribution in [0.15, 0.2) is 0 Å². The van der Waals surface area contributed by atoms with Crippen LogP contribution in [0.2, 0.25) is 0 Å². The largest absolute Gasteiger partial charge is 0.339 e. The molecule has 2 aliphatic rings. The van der Waals surface area contributed by atoms with Gasteiger partial charge in [0.1, 0.15) is 0 Å². The highest BCUT2D eigenvalue weighted by molar-refractivity contribution is 5.85. The van der Waals surface area contributed by atoms with E-state index in [1.807, 2.05) is 0 Å². The molecule has 1 amide bonds. The Kier molecular flexibility index (Phi) is 2.78. The lowest BCUT2D eigenvalue weighted by Crippen LogP contribution is -2.42. The van der Waals surface area contributed by atoms with Crippen LogP contribution in [-0.2, 0) is 4.79 Å². The number of amides is 1. The van der Waals surface area contributed by atoms with Gasteiger partial charge in [-0.1, -0.05) is 20.8 Å². The molecule has 0 spiro atoms. The molecule has 86 valence electrons. The van der Waals surface area contributed by atoms with Crippen molar-refractivity contribution in [2.24, 2.45) is 11.3 Å². The second-order valence-electron chi connectivity index (χ2n) is 5.59. The Morgan fingerprint density at radius 3 is 2.60 bits per heavy atom. The van der Waals surface area contributed by atoms with Crippen molar-refractivity contribution in [3.8, 4) is 0 Å². The molecule has 1 aliphatic heterocycles. The Morgan fingerprint density at radius 2 is 2.13 bits per heavy atom. The fourth-order valence-corrected chi connectivity index (χ4v) is 2.91. The van der Waals surface area contributed by atoms with Gasteiger partial charge in [-0.15, -0.1) is 0 Å². The van der Waals surface area contributed by atoms with Crippen LogP contribution >= 0.6 is 0 Å². The highest BCUT2D eigenvalue weighted by atomic mass is 16.2. The summed E-state index contributed by atoms with van der Waals surface area (Å²) in [5.41, 5.74) is 0.0669. The molecule has 0 aromatic carbocycles. The molecule has 2 rings (SSSR count). The van der Waals surface area contributed by atoms with Crippen molar-refractivity contribution in [1.29, 1.82) is 0 Å². The zero-order valence-corrected chi connectivity index (χ0v) is 10.3. The molecule has 1 heterocycles. The number of hydrogen-bond acceptors (Lipinski definition) is 1. The van der Waals surface area contributed by atoms with E-state index in [2.05, 4.69) is 25.7 Å². The molecule has 1 saturated heterocycles. The molecular weight excluding hydrogens is 186 g/mol. The van der Waals surface area contributed by atoms with Crippen LogP contribution in [0.25, 0.3) is 0 Å². The lowest BCUT2D eigenvalue weighted by atomic mass is 9.98. The van der Waals surface area contributed by atoms with Crippen LogP contribution in [0.4, 0.5) is 0 Å². The molecule has 0 aromatic heterocycles. The van der Waals surface area contributed by atoms with Crippen LogP contribution in [0.5, 0.6) is 0 Å². The van der Waals surface area contributed by atoms with Gasteiger partial charge in [0.2, 0.25) is 5.91 Å². The van der Waals surface area contributed by atoms with E-state index in [0.29, 0.717) is 17.9 Å². The molecule has 15 heavy (non-hydrogen) atoms. The Bertz CT molecular complexity index is 255. The highest BCUT2D eigenvalue weighted by Crippen LogP contribution is 2.51. The van der Waals surface area contributed by atoms with Crippen LogP contribution in [0.3, 0.4) is 0 Å². The van der Waals surface area contributed by atoms with Gasteiger partial charge in [0, 0.05) is 18.0 Å². The second-order valence-corrected chi connectivity index (χ2v) is 5.59. The third kappa shape index (κ3) is 1.79. The number of rotatable bonds is 3. The first-order valence-electron chi connectivity index (χ1n) is 6.42. The number of nitrogens with zero attached hydrogens (tertiary/aromatic N) is 1. The maximum atomic E-state index is 12.4. The normalized spacial score (nSPS) is 28.5. The predicted molar refractivity (Wildman–Crippen MR) is 61.5 cm³/mol. The van der Waals surface area contributed by atoms with Crippen molar-refractivity contribution in [3.05, 3.63) is 0 Å². The van der Waals surface area contributed by atoms with E-state index >= 15 is 0 Å². The third-order valence-corrected chi connectivity index (χ3v) is 4.31. The first-order valence-corrected chi connectivity index (χ1v) is 6.42. The summed E-state index contributed by atoms with van der Waals surface area (Å²) < 4.78 is 0. The van der Waals surface area contributed by atoms with Gasteiger partial charge < -0.3 is 4.90 Å². The fraction of sp³-hybridized carbons (Fsp3) is 0.923. The van der Waals surface area contributed by atoms with Crippen LogP contribution in [-0.4, -0.2) is 23.4 Å². The Morgan fingerprint density at radius 1 is 1.47 bits per heavy atom. The van der Waals surface area contributed by atoms with Gasteiger partial charge in [0.15, 0.2) is 0 Å². The van der Waals surface area contributed by atoms with Gasteiger partial charge in [-0.05, 0) is 38.0 Å². The average Bonchev–Trinajstić information content (AvgIpc) is 2.86. The lowest BCUT2D eigenvalue weighted by Gasteiger charge is -2.31. The van der Waals surface area contributed by atoms with E-state index in [4.69, 9.17) is 0 Å². The molecule has 1 aliphatic carbocycles. The van der Waals surface area contributed by atoms with Crippen LogP contribution < -0.4 is 0 Å². The quantitative estimate of drug-likeness (QED) is 0.700. The van der Waals surface area contributed by atoms with Gasteiger partial charge in [-0.3, -0.25) is 4.79 Å². The molecule has 1 saturated carbocycles. The lowest BCUT2D eigenvalue weighted by molar-refractivity contribution is -0.138. The smallest absolute Gasteiger partial charge is 0.229 e. The van der Waals surface area contributed by atoms with Gasteiger partial charge >= 0.3 is 0 Å². The van der Waals surface area contributed by atoms with Crippen molar-refractivity contribution in [2.45, 2.75) is 58.9 Å². The van der Waals surface area contributed by atoms with Gasteiger partial charge in [-0.2, -0.15) is 0 Å². The van der Waals surface area contributed by atoms with Crippen molar-refractivity contribution < 1.29 is 4.79 Å². The van der Waals surface area contributed by atoms with Crippen molar-refractivity contribution in [1.82, 2.24) is 4.90 Å². The summed E-state index contributed by atoms with van der Waals surface area (Å²) in [5, 5.41) is 0. The molecule has 1 atom stereocenters. The summed E-state index contributed by atoms with van der Waals surface area (Å²) in [7, 11) is 0. The van der Waals surface area contributed by atoms with E-state index in [-0.39, 0.29) is 5.41 Å². The first-order chi connectivity index (χ1) is 7.10. The van der Waals surface area contributed by atoms with E-state index in [0.717, 1.165) is 25.8 Å². The summed E-state index contributed by atoms with van der Waals surface area (Å²) in [4.78, 5) is 14.6. The third-order valence-electron chi connectivity index (χ3n) is 4.31. The molecule has 1 unspecified atom stereocenters. The fourth-order valence-electron chi connectivity index (χ4n) is 2.91. The minimum absolute atomic E-state index is 0.0669. The molecule has 2 nitrogen and oxygen atoms in total. The van der Waals surface area contributed by atoms with Crippen LogP contribution in [0.1, 0.15) is 52.9 Å². The number of likely N-dealkylation sites (tertiary alicyclic amines) is 1. The molecule has 0 aromatic rings. The predicted octanol–water partition coefficient (Wildman–Crippen LogP) is 2.82. The van der Waals surface area contributed by atoms with E-state index in [1.165, 1.54) is 12.8 Å². The summed E-state index contributed by atoms with van der Waals surface area (Å²) in [5.74, 6) is 1.07. The Balaban J connectivity index is 2.06. The topological polar surface area (TPSA) is 20.3 Å². The van der Waals surface area contributed by atoms with Crippen molar-refractivity contribution in [3.63, 3.8) is 0 Å². The monoisotopic (exact) mass is 209 g/mol. The molecule has 0 radical (unpaired) electrons. The van der Waals surface area contributed by atoms with E-state index < -0.39 is 0 Å². The van der Waals surface area contributed by atoms with Gasteiger partial charge in [0.25, 0.3) is 0 Å². The summed E-state index contributed by atoms with van der Waals surface area (Å²) in [6.07, 6.45) is 5.71. The van der Waals surface area contributed by atoms with E-state index in [9.17, 15) is 4.79 Å². The maximum Gasteiger partial charge on any atom is 0.229 e. The summed E-state index contributed by atoms with van der Waals surface area (Å²) in [6.45, 7) is 7.64. The minimum atomic E-state index is 0.0669. The minimum Gasteiger partial charge on any atom is -0.339 e. The first kappa shape index (κ1) is 11.0. The number of carbonyl (C=O) groups excluding carboxylic acids is 1. The number of hydrogen-bond donors (Lipinski definition) is 0. The van der Waals surface area contributed by atoms with Crippen molar-refractivity contribution in [2.75, 3.05) is 6.54 Å².